The number of ether oxygens (including phenoxy) is 1. The van der Waals surface area contributed by atoms with E-state index in [1.807, 2.05) is 28.4 Å². The van der Waals surface area contributed by atoms with Crippen LogP contribution in [0.2, 0.25) is 0 Å². The van der Waals surface area contributed by atoms with Gasteiger partial charge in [0.05, 0.1) is 18.4 Å². The predicted octanol–water partition coefficient (Wildman–Crippen LogP) is 1.52. The maximum Gasteiger partial charge on any atom is 0.313 e. The maximum atomic E-state index is 10.8. The lowest BCUT2D eigenvalue weighted by atomic mass is 10.2. The highest BCUT2D eigenvalue weighted by molar-refractivity contribution is 7.99. The van der Waals surface area contributed by atoms with E-state index in [2.05, 4.69) is 15.3 Å². The molecule has 0 bridgehead atoms. The second-order valence-electron chi connectivity index (χ2n) is 5.29. The Morgan fingerprint density at radius 1 is 1.52 bits per heavy atom. The molecule has 0 spiro atoms. The number of thioether (sulfide) groups is 1. The van der Waals surface area contributed by atoms with E-state index in [9.17, 15) is 4.79 Å². The highest BCUT2D eigenvalue weighted by Crippen LogP contribution is 2.25. The lowest BCUT2D eigenvalue weighted by Crippen LogP contribution is -2.17. The molecule has 9 heteroatoms. The third kappa shape index (κ3) is 3.73. The van der Waals surface area contributed by atoms with Crippen LogP contribution in [0.15, 0.2) is 17.4 Å². The summed E-state index contributed by atoms with van der Waals surface area (Å²) in [6, 6.07) is 1.89. The van der Waals surface area contributed by atoms with Crippen molar-refractivity contribution in [3.8, 4) is 11.5 Å². The zero-order chi connectivity index (χ0) is 16.2. The van der Waals surface area contributed by atoms with E-state index in [-0.39, 0.29) is 11.9 Å². The molecule has 1 saturated heterocycles. The van der Waals surface area contributed by atoms with Gasteiger partial charge in [0.25, 0.3) is 0 Å². The standard InChI is InChI=1S/C14H19N5O3S/c1-2-18-6-5-11(17-18)13-15-16-14(23-9-12(20)21)19(13)8-10-4-3-7-22-10/h5-6,10H,2-4,7-9H2,1H3,(H,20,21)/t10-/m0/s1. The first-order chi connectivity index (χ1) is 11.2. The Balaban J connectivity index is 1.88. The average molecular weight is 337 g/mol. The molecule has 0 radical (unpaired) electrons. The van der Waals surface area contributed by atoms with Gasteiger partial charge in [0.15, 0.2) is 11.0 Å². The zero-order valence-electron chi connectivity index (χ0n) is 12.9. The predicted molar refractivity (Wildman–Crippen MR) is 84.3 cm³/mol. The number of rotatable bonds is 7. The van der Waals surface area contributed by atoms with Crippen molar-refractivity contribution in [2.75, 3.05) is 12.4 Å². The van der Waals surface area contributed by atoms with Gasteiger partial charge in [-0.25, -0.2) is 0 Å². The van der Waals surface area contributed by atoms with E-state index in [1.165, 1.54) is 11.8 Å². The fraction of sp³-hybridized carbons (Fsp3) is 0.571. The topological polar surface area (TPSA) is 95.1 Å². The molecule has 1 atom stereocenters. The van der Waals surface area contributed by atoms with Crippen LogP contribution in [0.4, 0.5) is 0 Å². The number of hydrogen-bond donors (Lipinski definition) is 1. The molecular formula is C14H19N5O3S. The van der Waals surface area contributed by atoms with Crippen LogP contribution in [0.25, 0.3) is 11.5 Å². The minimum atomic E-state index is -0.876. The molecule has 0 unspecified atom stereocenters. The zero-order valence-corrected chi connectivity index (χ0v) is 13.7. The van der Waals surface area contributed by atoms with Gasteiger partial charge < -0.3 is 9.84 Å². The second kappa shape index (κ2) is 7.14. The van der Waals surface area contributed by atoms with Crippen molar-refractivity contribution in [3.63, 3.8) is 0 Å². The smallest absolute Gasteiger partial charge is 0.313 e. The minimum Gasteiger partial charge on any atom is -0.481 e. The van der Waals surface area contributed by atoms with Crippen molar-refractivity contribution in [1.29, 1.82) is 0 Å². The van der Waals surface area contributed by atoms with Crippen LogP contribution in [0.1, 0.15) is 19.8 Å². The van der Waals surface area contributed by atoms with Gasteiger partial charge in [-0.3, -0.25) is 14.0 Å². The highest BCUT2D eigenvalue weighted by Gasteiger charge is 2.23. The van der Waals surface area contributed by atoms with E-state index < -0.39 is 5.97 Å². The molecule has 1 aliphatic rings. The molecule has 0 saturated carbocycles. The second-order valence-corrected chi connectivity index (χ2v) is 6.23. The lowest BCUT2D eigenvalue weighted by molar-refractivity contribution is -0.133. The van der Waals surface area contributed by atoms with Crippen LogP contribution in [0.5, 0.6) is 0 Å². The average Bonchev–Trinajstić information content (AvgIpc) is 3.26. The molecule has 3 rings (SSSR count). The summed E-state index contributed by atoms with van der Waals surface area (Å²) in [6.07, 6.45) is 4.04. The summed E-state index contributed by atoms with van der Waals surface area (Å²) in [5.74, 6) is -0.272. The van der Waals surface area contributed by atoms with Crippen molar-refractivity contribution >= 4 is 17.7 Å². The molecule has 124 valence electrons. The Morgan fingerprint density at radius 3 is 3.04 bits per heavy atom. The fourth-order valence-electron chi connectivity index (χ4n) is 2.52. The van der Waals surface area contributed by atoms with Crippen molar-refractivity contribution in [2.45, 2.75) is 44.1 Å². The Bertz CT molecular complexity index is 678. The molecule has 0 aliphatic carbocycles. The fourth-order valence-corrected chi connectivity index (χ4v) is 3.19. The summed E-state index contributed by atoms with van der Waals surface area (Å²) in [5, 5.41) is 22.3. The van der Waals surface area contributed by atoms with Gasteiger partial charge in [-0.15, -0.1) is 10.2 Å². The van der Waals surface area contributed by atoms with Crippen LogP contribution in [-0.2, 0) is 22.6 Å². The van der Waals surface area contributed by atoms with Gasteiger partial charge in [-0.1, -0.05) is 11.8 Å². The van der Waals surface area contributed by atoms with Crippen molar-refractivity contribution in [3.05, 3.63) is 12.3 Å². The summed E-state index contributed by atoms with van der Waals surface area (Å²) in [4.78, 5) is 10.8. The number of carboxylic acids is 1. The normalized spacial score (nSPS) is 17.7. The quantitative estimate of drug-likeness (QED) is 0.765. The molecule has 2 aromatic rings. The third-order valence-corrected chi connectivity index (χ3v) is 4.60. The molecule has 3 heterocycles. The maximum absolute atomic E-state index is 10.8. The molecule has 23 heavy (non-hydrogen) atoms. The first-order valence-electron chi connectivity index (χ1n) is 7.60. The number of aryl methyl sites for hydroxylation is 1. The molecule has 1 N–H and O–H groups in total. The van der Waals surface area contributed by atoms with Crippen LogP contribution >= 0.6 is 11.8 Å². The number of carboxylic acid groups (broad SMARTS) is 1. The van der Waals surface area contributed by atoms with Gasteiger partial charge in [0.2, 0.25) is 0 Å². The van der Waals surface area contributed by atoms with Gasteiger partial charge >= 0.3 is 5.97 Å². The van der Waals surface area contributed by atoms with Crippen LogP contribution < -0.4 is 0 Å². The Kier molecular flexibility index (Phi) is 4.97. The molecular weight excluding hydrogens is 318 g/mol. The van der Waals surface area contributed by atoms with E-state index >= 15 is 0 Å². The number of aliphatic carboxylic acids is 1. The van der Waals surface area contributed by atoms with Gasteiger partial charge in [0.1, 0.15) is 5.69 Å². The largest absolute Gasteiger partial charge is 0.481 e. The van der Waals surface area contributed by atoms with Gasteiger partial charge in [0, 0.05) is 19.3 Å². The third-order valence-electron chi connectivity index (χ3n) is 3.65. The summed E-state index contributed by atoms with van der Waals surface area (Å²) in [7, 11) is 0. The molecule has 2 aromatic heterocycles. The minimum absolute atomic E-state index is 0.0486. The van der Waals surface area contributed by atoms with Crippen molar-refractivity contribution < 1.29 is 14.6 Å². The molecule has 0 aromatic carbocycles. The molecule has 8 nitrogen and oxygen atoms in total. The summed E-state index contributed by atoms with van der Waals surface area (Å²) < 4.78 is 9.44. The monoisotopic (exact) mass is 337 g/mol. The Labute approximate surface area is 137 Å². The number of nitrogens with zero attached hydrogens (tertiary/aromatic N) is 5. The van der Waals surface area contributed by atoms with Gasteiger partial charge in [-0.05, 0) is 25.8 Å². The summed E-state index contributed by atoms with van der Waals surface area (Å²) in [6.45, 7) is 4.18. The Hall–Kier alpha value is -1.87. The van der Waals surface area contributed by atoms with E-state index in [1.54, 1.807) is 0 Å². The van der Waals surface area contributed by atoms with Crippen LogP contribution in [-0.4, -0.2) is 54.1 Å². The summed E-state index contributed by atoms with van der Waals surface area (Å²) in [5.41, 5.74) is 0.736. The van der Waals surface area contributed by atoms with E-state index in [4.69, 9.17) is 9.84 Å². The SMILES string of the molecule is CCn1ccc(-c2nnc(SCC(=O)O)n2C[C@@H]2CCCO2)n1. The first-order valence-corrected chi connectivity index (χ1v) is 8.59. The lowest BCUT2D eigenvalue weighted by Gasteiger charge is -2.13. The van der Waals surface area contributed by atoms with E-state index in [0.29, 0.717) is 17.5 Å². The van der Waals surface area contributed by atoms with Crippen molar-refractivity contribution in [1.82, 2.24) is 24.5 Å². The first kappa shape index (κ1) is 16.0. The highest BCUT2D eigenvalue weighted by atomic mass is 32.2. The van der Waals surface area contributed by atoms with Crippen molar-refractivity contribution in [2.24, 2.45) is 0 Å². The van der Waals surface area contributed by atoms with Gasteiger partial charge in [-0.2, -0.15) is 5.10 Å². The number of hydrogen-bond acceptors (Lipinski definition) is 6. The molecule has 0 amide bonds. The molecule has 1 aliphatic heterocycles. The van der Waals surface area contributed by atoms with Crippen LogP contribution in [0.3, 0.4) is 0 Å². The van der Waals surface area contributed by atoms with Crippen LogP contribution in [0, 0.1) is 0 Å². The number of aromatic nitrogens is 5. The molecule has 1 fully saturated rings. The Morgan fingerprint density at radius 2 is 2.39 bits per heavy atom. The summed E-state index contributed by atoms with van der Waals surface area (Å²) >= 11 is 1.17. The number of carbonyl (C=O) groups is 1. The van der Waals surface area contributed by atoms with E-state index in [0.717, 1.165) is 31.7 Å².